The second kappa shape index (κ2) is 9.53. The molecule has 1 saturated heterocycles. The summed E-state index contributed by atoms with van der Waals surface area (Å²) in [6.07, 6.45) is 0.533. The van der Waals surface area contributed by atoms with Crippen molar-refractivity contribution in [1.82, 2.24) is 10.4 Å². The van der Waals surface area contributed by atoms with Gasteiger partial charge in [-0.15, -0.1) is 0 Å². The number of esters is 1. The molecule has 0 unspecified atom stereocenters. The van der Waals surface area contributed by atoms with Crippen LogP contribution >= 0.6 is 0 Å². The standard InChI is InChI=1S/C16H24N2O4/c1-20-16(19)15(13-14-5-3-2-4-6-14)17-22-12-9-18-7-10-21-11-8-18/h2-6,15,17H,7-13H2,1H3/t15-/m0/s1. The molecule has 0 bridgehead atoms. The Labute approximate surface area is 131 Å². The van der Waals surface area contributed by atoms with E-state index in [1.165, 1.54) is 7.11 Å². The highest BCUT2D eigenvalue weighted by Crippen LogP contribution is 2.04. The van der Waals surface area contributed by atoms with Gasteiger partial charge in [-0.25, -0.2) is 0 Å². The van der Waals surface area contributed by atoms with Crippen LogP contribution in [0, 0.1) is 0 Å². The van der Waals surface area contributed by atoms with Crippen LogP contribution < -0.4 is 5.48 Å². The van der Waals surface area contributed by atoms with Gasteiger partial charge in [0.15, 0.2) is 0 Å². The molecule has 6 nitrogen and oxygen atoms in total. The second-order valence-electron chi connectivity index (χ2n) is 5.19. The molecule has 0 spiro atoms. The van der Waals surface area contributed by atoms with E-state index >= 15 is 0 Å². The molecule has 1 aliphatic rings. The fraction of sp³-hybridized carbons (Fsp3) is 0.562. The summed E-state index contributed by atoms with van der Waals surface area (Å²) in [5.41, 5.74) is 3.88. The molecule has 2 rings (SSSR count). The molecule has 1 fully saturated rings. The third-order valence-corrected chi connectivity index (χ3v) is 3.61. The van der Waals surface area contributed by atoms with Crippen molar-refractivity contribution in [3.8, 4) is 0 Å². The van der Waals surface area contributed by atoms with E-state index in [0.717, 1.165) is 38.4 Å². The first-order chi connectivity index (χ1) is 10.8. The first-order valence-corrected chi connectivity index (χ1v) is 7.59. The molecule has 6 heteroatoms. The Balaban J connectivity index is 1.73. The van der Waals surface area contributed by atoms with E-state index in [9.17, 15) is 4.79 Å². The van der Waals surface area contributed by atoms with Gasteiger partial charge in [0.25, 0.3) is 0 Å². The molecule has 22 heavy (non-hydrogen) atoms. The molecule has 0 amide bonds. The van der Waals surface area contributed by atoms with Crippen molar-refractivity contribution in [2.24, 2.45) is 0 Å². The van der Waals surface area contributed by atoms with E-state index in [-0.39, 0.29) is 5.97 Å². The van der Waals surface area contributed by atoms with Crippen molar-refractivity contribution >= 4 is 5.97 Å². The molecule has 0 aromatic heterocycles. The molecule has 0 saturated carbocycles. The van der Waals surface area contributed by atoms with Gasteiger partial charge in [0.2, 0.25) is 0 Å². The second-order valence-corrected chi connectivity index (χ2v) is 5.19. The molecule has 0 radical (unpaired) electrons. The number of nitrogens with zero attached hydrogens (tertiary/aromatic N) is 1. The molecule has 1 N–H and O–H groups in total. The zero-order valence-electron chi connectivity index (χ0n) is 13.0. The predicted molar refractivity (Wildman–Crippen MR) is 82.3 cm³/mol. The summed E-state index contributed by atoms with van der Waals surface area (Å²) in [4.78, 5) is 19.6. The number of hydrogen-bond donors (Lipinski definition) is 1. The summed E-state index contributed by atoms with van der Waals surface area (Å²) in [6, 6.07) is 9.29. The fourth-order valence-electron chi connectivity index (χ4n) is 2.32. The van der Waals surface area contributed by atoms with Crippen molar-refractivity contribution in [2.45, 2.75) is 12.5 Å². The SMILES string of the molecule is COC(=O)[C@H](Cc1ccccc1)NOCCN1CCOCC1. The quantitative estimate of drug-likeness (QED) is 0.432. The van der Waals surface area contributed by atoms with Gasteiger partial charge in [0.1, 0.15) is 6.04 Å². The van der Waals surface area contributed by atoms with Crippen LogP contribution in [0.25, 0.3) is 0 Å². The first kappa shape index (κ1) is 16.9. The van der Waals surface area contributed by atoms with E-state index in [2.05, 4.69) is 10.4 Å². The van der Waals surface area contributed by atoms with E-state index in [1.807, 2.05) is 30.3 Å². The van der Waals surface area contributed by atoms with Crippen molar-refractivity contribution < 1.29 is 19.1 Å². The van der Waals surface area contributed by atoms with Gasteiger partial charge in [-0.05, 0) is 5.56 Å². The first-order valence-electron chi connectivity index (χ1n) is 7.59. The van der Waals surface area contributed by atoms with Gasteiger partial charge in [-0.1, -0.05) is 30.3 Å². The van der Waals surface area contributed by atoms with Crippen LogP contribution in [0.5, 0.6) is 0 Å². The smallest absolute Gasteiger partial charge is 0.325 e. The van der Waals surface area contributed by atoms with Crippen LogP contribution in [0.3, 0.4) is 0 Å². The number of ether oxygens (including phenoxy) is 2. The fourth-order valence-corrected chi connectivity index (χ4v) is 2.32. The van der Waals surface area contributed by atoms with Crippen LogP contribution in [-0.4, -0.2) is 63.5 Å². The van der Waals surface area contributed by atoms with Gasteiger partial charge >= 0.3 is 5.97 Å². The predicted octanol–water partition coefficient (Wildman–Crippen LogP) is 0.624. The van der Waals surface area contributed by atoms with E-state index < -0.39 is 6.04 Å². The topological polar surface area (TPSA) is 60.0 Å². The van der Waals surface area contributed by atoms with Gasteiger partial charge in [-0.3, -0.25) is 14.5 Å². The van der Waals surface area contributed by atoms with Crippen molar-refractivity contribution in [3.63, 3.8) is 0 Å². The maximum atomic E-state index is 11.8. The maximum absolute atomic E-state index is 11.8. The zero-order valence-corrected chi connectivity index (χ0v) is 13.0. The number of nitrogens with one attached hydrogen (secondary N) is 1. The van der Waals surface area contributed by atoms with Crippen molar-refractivity contribution in [2.75, 3.05) is 46.6 Å². The molecular weight excluding hydrogens is 284 g/mol. The van der Waals surface area contributed by atoms with Crippen molar-refractivity contribution in [3.05, 3.63) is 35.9 Å². The number of rotatable bonds is 8. The van der Waals surface area contributed by atoms with E-state index in [1.54, 1.807) is 0 Å². The van der Waals surface area contributed by atoms with Gasteiger partial charge in [0, 0.05) is 26.1 Å². The maximum Gasteiger partial charge on any atom is 0.325 e. The van der Waals surface area contributed by atoms with Gasteiger partial charge in [0.05, 0.1) is 26.9 Å². The average Bonchev–Trinajstić information content (AvgIpc) is 2.58. The summed E-state index contributed by atoms with van der Waals surface area (Å²) < 4.78 is 10.1. The third-order valence-electron chi connectivity index (χ3n) is 3.61. The van der Waals surface area contributed by atoms with Crippen LogP contribution in [0.2, 0.25) is 0 Å². The largest absolute Gasteiger partial charge is 0.468 e. The molecule has 0 aliphatic carbocycles. The number of hydroxylamine groups is 1. The number of hydrogen-bond acceptors (Lipinski definition) is 6. The van der Waals surface area contributed by atoms with Crippen LogP contribution in [0.15, 0.2) is 30.3 Å². The summed E-state index contributed by atoms with van der Waals surface area (Å²) in [5.74, 6) is -0.324. The Bertz CT molecular complexity index is 435. The normalized spacial score (nSPS) is 17.1. The number of morpholine rings is 1. The minimum atomic E-state index is -0.503. The van der Waals surface area contributed by atoms with Gasteiger partial charge < -0.3 is 9.47 Å². The molecule has 1 heterocycles. The molecule has 1 atom stereocenters. The minimum absolute atomic E-state index is 0.324. The number of carbonyl (C=O) groups is 1. The zero-order chi connectivity index (χ0) is 15.6. The van der Waals surface area contributed by atoms with Crippen LogP contribution in [-0.2, 0) is 25.5 Å². The summed E-state index contributed by atoms with van der Waals surface area (Å²) in [6.45, 7) is 4.72. The van der Waals surface area contributed by atoms with E-state index in [0.29, 0.717) is 13.0 Å². The summed E-state index contributed by atoms with van der Waals surface area (Å²) >= 11 is 0. The molecule has 1 aliphatic heterocycles. The third kappa shape index (κ3) is 5.73. The average molecular weight is 308 g/mol. The lowest BCUT2D eigenvalue weighted by Gasteiger charge is -2.26. The minimum Gasteiger partial charge on any atom is -0.468 e. The highest BCUT2D eigenvalue weighted by molar-refractivity contribution is 5.75. The number of methoxy groups -OCH3 is 1. The van der Waals surface area contributed by atoms with Crippen LogP contribution in [0.1, 0.15) is 5.56 Å². The molecular formula is C16H24N2O4. The Morgan fingerprint density at radius 1 is 1.32 bits per heavy atom. The Morgan fingerprint density at radius 2 is 2.05 bits per heavy atom. The van der Waals surface area contributed by atoms with Crippen LogP contribution in [0.4, 0.5) is 0 Å². The summed E-state index contributed by atoms with van der Waals surface area (Å²) in [5, 5.41) is 0. The monoisotopic (exact) mass is 308 g/mol. The molecule has 122 valence electrons. The van der Waals surface area contributed by atoms with Crippen molar-refractivity contribution in [1.29, 1.82) is 0 Å². The Hall–Kier alpha value is -1.47. The lowest BCUT2D eigenvalue weighted by Crippen LogP contribution is -2.42. The van der Waals surface area contributed by atoms with Gasteiger partial charge in [-0.2, -0.15) is 5.48 Å². The molecule has 1 aromatic rings. The summed E-state index contributed by atoms with van der Waals surface area (Å²) in [7, 11) is 1.38. The lowest BCUT2D eigenvalue weighted by molar-refractivity contribution is -0.148. The highest BCUT2D eigenvalue weighted by Gasteiger charge is 2.20. The van der Waals surface area contributed by atoms with E-state index in [4.69, 9.17) is 14.3 Å². The Kier molecular flexibility index (Phi) is 7.32. The number of carbonyl (C=O) groups excluding carboxylic acids is 1. The Morgan fingerprint density at radius 3 is 2.73 bits per heavy atom. The number of benzene rings is 1. The lowest BCUT2D eigenvalue weighted by atomic mass is 10.1. The highest BCUT2D eigenvalue weighted by atomic mass is 16.6. The molecule has 1 aromatic carbocycles.